The second kappa shape index (κ2) is 9.76. The summed E-state index contributed by atoms with van der Waals surface area (Å²) in [5.41, 5.74) is 1.76. The minimum absolute atomic E-state index is 0. The Bertz CT molecular complexity index is 542. The van der Waals surface area contributed by atoms with Crippen LogP contribution < -0.4 is 10.6 Å². The van der Waals surface area contributed by atoms with E-state index in [1.54, 1.807) is 0 Å². The highest BCUT2D eigenvalue weighted by Crippen LogP contribution is 2.43. The number of hydrogen-bond donors (Lipinski definition) is 2. The Labute approximate surface area is 169 Å². The SMILES string of the molecule is CN=C(NCC1CCCN(C)C1)NCC1(c2ccccc2)CCC1.I. The predicted molar refractivity (Wildman–Crippen MR) is 117 cm³/mol. The Morgan fingerprint density at radius 3 is 2.56 bits per heavy atom. The van der Waals surface area contributed by atoms with E-state index in [0.29, 0.717) is 5.41 Å². The maximum absolute atomic E-state index is 4.43. The molecule has 0 radical (unpaired) electrons. The first-order chi connectivity index (χ1) is 11.7. The Morgan fingerprint density at radius 2 is 1.96 bits per heavy atom. The lowest BCUT2D eigenvalue weighted by molar-refractivity contribution is 0.210. The van der Waals surface area contributed by atoms with Crippen LogP contribution in [-0.4, -0.2) is 51.1 Å². The van der Waals surface area contributed by atoms with E-state index in [2.05, 4.69) is 57.9 Å². The molecule has 1 atom stereocenters. The molecule has 5 heteroatoms. The van der Waals surface area contributed by atoms with Gasteiger partial charge in [0, 0.05) is 32.1 Å². The quantitative estimate of drug-likeness (QED) is 0.406. The van der Waals surface area contributed by atoms with E-state index in [1.807, 2.05) is 7.05 Å². The van der Waals surface area contributed by atoms with Gasteiger partial charge >= 0.3 is 0 Å². The van der Waals surface area contributed by atoms with Crippen LogP contribution in [0.2, 0.25) is 0 Å². The van der Waals surface area contributed by atoms with E-state index >= 15 is 0 Å². The molecule has 1 aliphatic heterocycles. The van der Waals surface area contributed by atoms with Gasteiger partial charge < -0.3 is 15.5 Å². The van der Waals surface area contributed by atoms with E-state index in [1.165, 1.54) is 50.8 Å². The van der Waals surface area contributed by atoms with E-state index in [0.717, 1.165) is 25.0 Å². The Kier molecular flexibility index (Phi) is 8.00. The van der Waals surface area contributed by atoms with E-state index in [9.17, 15) is 0 Å². The lowest BCUT2D eigenvalue weighted by Gasteiger charge is -2.43. The molecular weight excluding hydrogens is 423 g/mol. The summed E-state index contributed by atoms with van der Waals surface area (Å²) >= 11 is 0. The summed E-state index contributed by atoms with van der Waals surface area (Å²) < 4.78 is 0. The zero-order valence-electron chi connectivity index (χ0n) is 15.6. The van der Waals surface area contributed by atoms with Gasteiger partial charge in [-0.05, 0) is 50.8 Å². The predicted octanol–water partition coefficient (Wildman–Crippen LogP) is 3.23. The summed E-state index contributed by atoms with van der Waals surface area (Å²) in [6.45, 7) is 4.42. The van der Waals surface area contributed by atoms with Crippen LogP contribution in [0.1, 0.15) is 37.7 Å². The van der Waals surface area contributed by atoms with E-state index in [4.69, 9.17) is 0 Å². The molecule has 3 rings (SSSR count). The zero-order chi connectivity index (χ0) is 16.8. The van der Waals surface area contributed by atoms with Crippen LogP contribution in [0.3, 0.4) is 0 Å². The van der Waals surface area contributed by atoms with Crippen LogP contribution in [0.15, 0.2) is 35.3 Å². The van der Waals surface area contributed by atoms with Crippen LogP contribution in [0, 0.1) is 5.92 Å². The molecule has 0 bridgehead atoms. The van der Waals surface area contributed by atoms with Gasteiger partial charge in [-0.2, -0.15) is 0 Å². The second-order valence-electron chi connectivity index (χ2n) is 7.58. The minimum atomic E-state index is 0. The van der Waals surface area contributed by atoms with Crippen molar-refractivity contribution in [3.63, 3.8) is 0 Å². The number of halogens is 1. The molecule has 1 aromatic rings. The molecule has 1 saturated heterocycles. The molecule has 2 aliphatic rings. The van der Waals surface area contributed by atoms with Gasteiger partial charge in [-0.15, -0.1) is 24.0 Å². The van der Waals surface area contributed by atoms with Crippen molar-refractivity contribution in [2.24, 2.45) is 10.9 Å². The lowest BCUT2D eigenvalue weighted by atomic mass is 9.64. The highest BCUT2D eigenvalue weighted by Gasteiger charge is 2.38. The monoisotopic (exact) mass is 456 g/mol. The largest absolute Gasteiger partial charge is 0.356 e. The fraction of sp³-hybridized carbons (Fsp3) is 0.650. The molecule has 0 amide bonds. The maximum atomic E-state index is 4.43. The number of aliphatic imine (C=N–C) groups is 1. The van der Waals surface area contributed by atoms with Gasteiger partial charge in [0.1, 0.15) is 0 Å². The molecule has 0 spiro atoms. The topological polar surface area (TPSA) is 39.7 Å². The number of nitrogens with one attached hydrogen (secondary N) is 2. The van der Waals surface area contributed by atoms with E-state index in [-0.39, 0.29) is 24.0 Å². The first-order valence-electron chi connectivity index (χ1n) is 9.40. The molecule has 2 N–H and O–H groups in total. The van der Waals surface area contributed by atoms with Gasteiger partial charge in [-0.3, -0.25) is 4.99 Å². The number of benzene rings is 1. The lowest BCUT2D eigenvalue weighted by Crippen LogP contribution is -2.50. The molecule has 1 heterocycles. The van der Waals surface area contributed by atoms with Gasteiger partial charge in [0.15, 0.2) is 5.96 Å². The number of hydrogen-bond acceptors (Lipinski definition) is 2. The van der Waals surface area contributed by atoms with Gasteiger partial charge in [0.25, 0.3) is 0 Å². The molecule has 140 valence electrons. The normalized spacial score (nSPS) is 23.3. The third-order valence-corrected chi connectivity index (χ3v) is 5.79. The van der Waals surface area contributed by atoms with Crippen molar-refractivity contribution in [1.82, 2.24) is 15.5 Å². The fourth-order valence-corrected chi connectivity index (χ4v) is 4.12. The Balaban J connectivity index is 0.00000225. The number of piperidine rings is 1. The summed E-state index contributed by atoms with van der Waals surface area (Å²) in [7, 11) is 4.09. The van der Waals surface area contributed by atoms with Crippen molar-refractivity contribution in [3.05, 3.63) is 35.9 Å². The summed E-state index contributed by atoms with van der Waals surface area (Å²) in [5, 5.41) is 7.13. The Hall–Kier alpha value is -0.820. The molecule has 4 nitrogen and oxygen atoms in total. The maximum Gasteiger partial charge on any atom is 0.191 e. The first kappa shape index (κ1) is 20.5. The number of guanidine groups is 1. The second-order valence-corrected chi connectivity index (χ2v) is 7.58. The summed E-state index contributed by atoms with van der Waals surface area (Å²) in [6.07, 6.45) is 6.51. The average molecular weight is 456 g/mol. The zero-order valence-corrected chi connectivity index (χ0v) is 18.0. The van der Waals surface area contributed by atoms with Crippen molar-refractivity contribution in [2.75, 3.05) is 40.3 Å². The van der Waals surface area contributed by atoms with Crippen molar-refractivity contribution < 1.29 is 0 Å². The minimum Gasteiger partial charge on any atom is -0.356 e. The smallest absolute Gasteiger partial charge is 0.191 e. The molecule has 1 aliphatic carbocycles. The number of rotatable bonds is 5. The first-order valence-corrected chi connectivity index (χ1v) is 9.40. The van der Waals surface area contributed by atoms with Gasteiger partial charge in [0.2, 0.25) is 0 Å². The van der Waals surface area contributed by atoms with Crippen LogP contribution in [-0.2, 0) is 5.41 Å². The van der Waals surface area contributed by atoms with Crippen LogP contribution in [0.5, 0.6) is 0 Å². The third kappa shape index (κ3) is 5.33. The standard InChI is InChI=1S/C20H32N4.HI/c1-21-19(22-14-17-8-6-13-24(2)15-17)23-16-20(11-7-12-20)18-9-4-3-5-10-18;/h3-5,9-10,17H,6-8,11-16H2,1-2H3,(H2,21,22,23);1H. The van der Waals surface area contributed by atoms with Crippen LogP contribution >= 0.6 is 24.0 Å². The van der Waals surface area contributed by atoms with Crippen molar-refractivity contribution >= 4 is 29.9 Å². The molecule has 0 aromatic heterocycles. The molecule has 2 fully saturated rings. The summed E-state index contributed by atoms with van der Waals surface area (Å²) in [4.78, 5) is 6.86. The molecule has 25 heavy (non-hydrogen) atoms. The third-order valence-electron chi connectivity index (χ3n) is 5.79. The molecule has 1 saturated carbocycles. The molecular formula is C20H33IN4. The van der Waals surface area contributed by atoms with Crippen molar-refractivity contribution in [3.8, 4) is 0 Å². The van der Waals surface area contributed by atoms with Gasteiger partial charge in [-0.1, -0.05) is 36.8 Å². The number of nitrogens with zero attached hydrogens (tertiary/aromatic N) is 2. The van der Waals surface area contributed by atoms with Gasteiger partial charge in [-0.25, -0.2) is 0 Å². The average Bonchev–Trinajstić information content (AvgIpc) is 2.57. The van der Waals surface area contributed by atoms with Gasteiger partial charge in [0.05, 0.1) is 0 Å². The van der Waals surface area contributed by atoms with Crippen LogP contribution in [0.25, 0.3) is 0 Å². The molecule has 1 aromatic carbocycles. The highest BCUT2D eigenvalue weighted by atomic mass is 127. The van der Waals surface area contributed by atoms with Crippen molar-refractivity contribution in [1.29, 1.82) is 0 Å². The molecule has 1 unspecified atom stereocenters. The van der Waals surface area contributed by atoms with E-state index < -0.39 is 0 Å². The summed E-state index contributed by atoms with van der Waals surface area (Å²) in [5.74, 6) is 1.68. The summed E-state index contributed by atoms with van der Waals surface area (Å²) in [6, 6.07) is 11.0. The Morgan fingerprint density at radius 1 is 1.20 bits per heavy atom. The highest BCUT2D eigenvalue weighted by molar-refractivity contribution is 14.0. The number of likely N-dealkylation sites (tertiary alicyclic amines) is 1. The van der Waals surface area contributed by atoms with Crippen LogP contribution in [0.4, 0.5) is 0 Å². The van der Waals surface area contributed by atoms with Crippen molar-refractivity contribution in [2.45, 2.75) is 37.5 Å². The fourth-order valence-electron chi connectivity index (χ4n) is 4.12.